The SMILES string of the molecule is C=CCCCC(=O)C1C2CCCC21. The first-order chi connectivity index (χ1) is 6.34. The Kier molecular flexibility index (Phi) is 2.52. The third-order valence-electron chi connectivity index (χ3n) is 3.61. The van der Waals surface area contributed by atoms with Gasteiger partial charge in [-0.2, -0.15) is 0 Å². The van der Waals surface area contributed by atoms with E-state index < -0.39 is 0 Å². The summed E-state index contributed by atoms with van der Waals surface area (Å²) in [5.41, 5.74) is 0. The molecule has 72 valence electrons. The molecule has 2 unspecified atom stereocenters. The highest BCUT2D eigenvalue weighted by Gasteiger charge is 2.55. The first kappa shape index (κ1) is 8.98. The van der Waals surface area contributed by atoms with E-state index in [1.165, 1.54) is 19.3 Å². The minimum atomic E-state index is 0.485. The van der Waals surface area contributed by atoms with E-state index in [9.17, 15) is 4.79 Å². The molecule has 0 aromatic carbocycles. The lowest BCUT2D eigenvalue weighted by Gasteiger charge is -2.01. The fraction of sp³-hybridized carbons (Fsp3) is 0.750. The van der Waals surface area contributed by atoms with Gasteiger partial charge >= 0.3 is 0 Å². The van der Waals surface area contributed by atoms with Crippen LogP contribution in [0.25, 0.3) is 0 Å². The molecular formula is C12H18O. The van der Waals surface area contributed by atoms with Gasteiger partial charge < -0.3 is 0 Å². The number of rotatable bonds is 5. The summed E-state index contributed by atoms with van der Waals surface area (Å²) in [7, 11) is 0. The molecule has 0 saturated heterocycles. The summed E-state index contributed by atoms with van der Waals surface area (Å²) in [4.78, 5) is 11.7. The predicted molar refractivity (Wildman–Crippen MR) is 53.4 cm³/mol. The summed E-state index contributed by atoms with van der Waals surface area (Å²) < 4.78 is 0. The van der Waals surface area contributed by atoms with Gasteiger partial charge in [0, 0.05) is 12.3 Å². The number of hydrogen-bond donors (Lipinski definition) is 0. The van der Waals surface area contributed by atoms with Crippen LogP contribution in [-0.4, -0.2) is 5.78 Å². The van der Waals surface area contributed by atoms with E-state index in [0.717, 1.165) is 31.1 Å². The molecule has 2 aliphatic carbocycles. The van der Waals surface area contributed by atoms with E-state index in [-0.39, 0.29) is 0 Å². The summed E-state index contributed by atoms with van der Waals surface area (Å²) >= 11 is 0. The van der Waals surface area contributed by atoms with Crippen LogP contribution in [0.1, 0.15) is 38.5 Å². The molecule has 1 nitrogen and oxygen atoms in total. The van der Waals surface area contributed by atoms with E-state index in [1.54, 1.807) is 0 Å². The fourth-order valence-corrected chi connectivity index (χ4v) is 2.89. The molecule has 0 heterocycles. The second kappa shape index (κ2) is 3.65. The molecule has 2 rings (SSSR count). The van der Waals surface area contributed by atoms with E-state index in [0.29, 0.717) is 11.7 Å². The average Bonchev–Trinajstić information content (AvgIpc) is 2.61. The molecule has 2 saturated carbocycles. The van der Waals surface area contributed by atoms with Crippen molar-refractivity contribution in [1.82, 2.24) is 0 Å². The lowest BCUT2D eigenvalue weighted by molar-refractivity contribution is -0.121. The maximum atomic E-state index is 11.7. The summed E-state index contributed by atoms with van der Waals surface area (Å²) in [5, 5.41) is 0. The van der Waals surface area contributed by atoms with Crippen molar-refractivity contribution >= 4 is 5.78 Å². The van der Waals surface area contributed by atoms with Gasteiger partial charge in [-0.05, 0) is 37.5 Å². The number of ketones is 1. The minimum Gasteiger partial charge on any atom is -0.299 e. The van der Waals surface area contributed by atoms with Crippen LogP contribution in [0, 0.1) is 17.8 Å². The van der Waals surface area contributed by atoms with Crippen LogP contribution >= 0.6 is 0 Å². The predicted octanol–water partition coefficient (Wildman–Crippen LogP) is 2.96. The van der Waals surface area contributed by atoms with Crippen LogP contribution in [0.5, 0.6) is 0 Å². The van der Waals surface area contributed by atoms with Gasteiger partial charge in [0.25, 0.3) is 0 Å². The van der Waals surface area contributed by atoms with Crippen molar-refractivity contribution in [2.45, 2.75) is 38.5 Å². The summed E-state index contributed by atoms with van der Waals surface area (Å²) in [6, 6.07) is 0. The topological polar surface area (TPSA) is 17.1 Å². The Morgan fingerprint density at radius 3 is 2.69 bits per heavy atom. The zero-order valence-electron chi connectivity index (χ0n) is 8.17. The van der Waals surface area contributed by atoms with Crippen LogP contribution < -0.4 is 0 Å². The number of fused-ring (bicyclic) bond motifs is 1. The molecule has 0 amide bonds. The van der Waals surface area contributed by atoms with Crippen molar-refractivity contribution < 1.29 is 4.79 Å². The quantitative estimate of drug-likeness (QED) is 0.467. The third-order valence-corrected chi connectivity index (χ3v) is 3.61. The Hall–Kier alpha value is -0.590. The molecule has 0 aromatic heterocycles. The van der Waals surface area contributed by atoms with Crippen molar-refractivity contribution in [3.63, 3.8) is 0 Å². The van der Waals surface area contributed by atoms with Crippen molar-refractivity contribution in [2.24, 2.45) is 17.8 Å². The van der Waals surface area contributed by atoms with Crippen molar-refractivity contribution in [1.29, 1.82) is 0 Å². The van der Waals surface area contributed by atoms with Crippen LogP contribution in [0.3, 0.4) is 0 Å². The second-order valence-electron chi connectivity index (χ2n) is 4.43. The number of carbonyl (C=O) groups excluding carboxylic acids is 1. The first-order valence-corrected chi connectivity index (χ1v) is 5.48. The lowest BCUT2D eigenvalue weighted by Crippen LogP contribution is -2.04. The molecule has 2 atom stereocenters. The molecule has 0 spiro atoms. The molecular weight excluding hydrogens is 160 g/mol. The lowest BCUT2D eigenvalue weighted by atomic mass is 10.0. The normalized spacial score (nSPS) is 35.5. The van der Waals surface area contributed by atoms with Gasteiger partial charge in [0.2, 0.25) is 0 Å². The van der Waals surface area contributed by atoms with Gasteiger partial charge in [-0.3, -0.25) is 4.79 Å². The van der Waals surface area contributed by atoms with Crippen molar-refractivity contribution in [3.8, 4) is 0 Å². The van der Waals surface area contributed by atoms with Gasteiger partial charge in [0.15, 0.2) is 0 Å². The zero-order chi connectivity index (χ0) is 9.26. The second-order valence-corrected chi connectivity index (χ2v) is 4.43. The molecule has 2 aliphatic rings. The van der Waals surface area contributed by atoms with Gasteiger partial charge in [-0.1, -0.05) is 12.5 Å². The number of hydrogen-bond acceptors (Lipinski definition) is 1. The molecule has 13 heavy (non-hydrogen) atoms. The maximum Gasteiger partial charge on any atom is 0.136 e. The molecule has 0 radical (unpaired) electrons. The highest BCUT2D eigenvalue weighted by molar-refractivity contribution is 5.84. The van der Waals surface area contributed by atoms with Crippen LogP contribution in [0.4, 0.5) is 0 Å². The Morgan fingerprint density at radius 1 is 1.38 bits per heavy atom. The number of carbonyl (C=O) groups is 1. The molecule has 0 bridgehead atoms. The molecule has 0 aliphatic heterocycles. The summed E-state index contributed by atoms with van der Waals surface area (Å²) in [5.74, 6) is 2.63. The van der Waals surface area contributed by atoms with E-state index in [2.05, 4.69) is 6.58 Å². The standard InChI is InChI=1S/C12H18O/c1-2-3-4-8-11(13)12-9-6-5-7-10(9)12/h2,9-10,12H,1,3-8H2. The maximum absolute atomic E-state index is 11.7. The molecule has 0 N–H and O–H groups in total. The van der Waals surface area contributed by atoms with E-state index in [1.807, 2.05) is 6.08 Å². The smallest absolute Gasteiger partial charge is 0.136 e. The summed E-state index contributed by atoms with van der Waals surface area (Å²) in [6.45, 7) is 3.66. The Labute approximate surface area is 80.2 Å². The van der Waals surface area contributed by atoms with E-state index in [4.69, 9.17) is 0 Å². The number of Topliss-reactive ketones (excluding diaryl/α,β-unsaturated/α-hetero) is 1. The zero-order valence-corrected chi connectivity index (χ0v) is 8.17. The van der Waals surface area contributed by atoms with Crippen molar-refractivity contribution in [2.75, 3.05) is 0 Å². The first-order valence-electron chi connectivity index (χ1n) is 5.48. The van der Waals surface area contributed by atoms with Gasteiger partial charge in [0.05, 0.1) is 0 Å². The largest absolute Gasteiger partial charge is 0.299 e. The fourth-order valence-electron chi connectivity index (χ4n) is 2.89. The Balaban J connectivity index is 1.70. The summed E-state index contributed by atoms with van der Waals surface area (Å²) in [6.07, 6.45) is 8.72. The molecule has 1 heteroatoms. The van der Waals surface area contributed by atoms with E-state index >= 15 is 0 Å². The highest BCUT2D eigenvalue weighted by atomic mass is 16.1. The minimum absolute atomic E-state index is 0.485. The molecule has 2 fully saturated rings. The highest BCUT2D eigenvalue weighted by Crippen LogP contribution is 2.58. The van der Waals surface area contributed by atoms with Gasteiger partial charge in [-0.25, -0.2) is 0 Å². The number of allylic oxidation sites excluding steroid dienone is 1. The number of unbranched alkanes of at least 4 members (excludes halogenated alkanes) is 1. The third kappa shape index (κ3) is 1.70. The Bertz CT molecular complexity index is 209. The molecule has 0 aromatic rings. The van der Waals surface area contributed by atoms with Crippen molar-refractivity contribution in [3.05, 3.63) is 12.7 Å². The van der Waals surface area contributed by atoms with Crippen LogP contribution in [0.15, 0.2) is 12.7 Å². The Morgan fingerprint density at radius 2 is 2.08 bits per heavy atom. The van der Waals surface area contributed by atoms with Crippen LogP contribution in [0.2, 0.25) is 0 Å². The van der Waals surface area contributed by atoms with Gasteiger partial charge in [0.1, 0.15) is 5.78 Å². The monoisotopic (exact) mass is 178 g/mol. The average molecular weight is 178 g/mol. The van der Waals surface area contributed by atoms with Crippen LogP contribution in [-0.2, 0) is 4.79 Å². The van der Waals surface area contributed by atoms with Gasteiger partial charge in [-0.15, -0.1) is 6.58 Å².